The first-order valence-corrected chi connectivity index (χ1v) is 11.7. The van der Waals surface area contributed by atoms with E-state index in [0.717, 1.165) is 21.0 Å². The van der Waals surface area contributed by atoms with Gasteiger partial charge in [-0.05, 0) is 74.6 Å². The number of carbonyl (C=O) groups is 2. The average molecular weight is 475 g/mol. The minimum Gasteiger partial charge on any atom is -0.497 e. The maximum atomic E-state index is 12.6. The molecule has 1 atom stereocenters. The second-order valence-corrected chi connectivity index (χ2v) is 8.98. The molecule has 0 saturated carbocycles. The van der Waals surface area contributed by atoms with Gasteiger partial charge in [-0.15, -0.1) is 11.3 Å². The summed E-state index contributed by atoms with van der Waals surface area (Å²) in [6.45, 7) is 2.26. The number of fused-ring (bicyclic) bond motifs is 1. The fourth-order valence-corrected chi connectivity index (χ4v) is 4.49. The van der Waals surface area contributed by atoms with Gasteiger partial charge in [-0.1, -0.05) is 12.1 Å². The third kappa shape index (κ3) is 5.59. The van der Waals surface area contributed by atoms with Crippen molar-refractivity contribution in [1.29, 1.82) is 0 Å². The molecule has 4 aromatic rings. The molecule has 0 aliphatic rings. The number of hydrogen-bond acceptors (Lipinski definition) is 6. The van der Waals surface area contributed by atoms with Crippen LogP contribution in [0.5, 0.6) is 5.75 Å². The van der Waals surface area contributed by atoms with Crippen LogP contribution in [-0.4, -0.2) is 42.4 Å². The lowest BCUT2D eigenvalue weighted by molar-refractivity contribution is -0.117. The molecule has 0 bridgehead atoms. The van der Waals surface area contributed by atoms with Gasteiger partial charge in [0, 0.05) is 16.9 Å². The Hall–Kier alpha value is -3.75. The highest BCUT2D eigenvalue weighted by molar-refractivity contribution is 7.18. The van der Waals surface area contributed by atoms with Gasteiger partial charge in [-0.2, -0.15) is 0 Å². The highest BCUT2D eigenvalue weighted by atomic mass is 32.1. The van der Waals surface area contributed by atoms with Crippen molar-refractivity contribution in [2.45, 2.75) is 13.0 Å². The van der Waals surface area contributed by atoms with Gasteiger partial charge in [-0.25, -0.2) is 4.98 Å². The van der Waals surface area contributed by atoms with E-state index in [1.54, 1.807) is 67.0 Å². The minimum atomic E-state index is -0.229. The molecule has 0 aliphatic heterocycles. The van der Waals surface area contributed by atoms with E-state index in [2.05, 4.69) is 16.7 Å². The van der Waals surface area contributed by atoms with Gasteiger partial charge in [0.2, 0.25) is 5.91 Å². The molecule has 34 heavy (non-hydrogen) atoms. The van der Waals surface area contributed by atoms with Crippen molar-refractivity contribution in [3.8, 4) is 5.75 Å². The molecule has 0 fully saturated rings. The Morgan fingerprint density at radius 1 is 0.971 bits per heavy atom. The highest BCUT2D eigenvalue weighted by Gasteiger charge is 2.18. The fraction of sp³-hybridized carbons (Fsp3) is 0.192. The number of aromatic nitrogens is 1. The van der Waals surface area contributed by atoms with Gasteiger partial charge in [0.05, 0.1) is 29.9 Å². The molecule has 2 N–H and O–H groups in total. The third-order valence-electron chi connectivity index (χ3n) is 5.50. The Morgan fingerprint density at radius 2 is 1.62 bits per heavy atom. The number of para-hydroxylation sites is 1. The molecule has 7 nitrogen and oxygen atoms in total. The summed E-state index contributed by atoms with van der Waals surface area (Å²) in [6.07, 6.45) is 0. The van der Waals surface area contributed by atoms with Crippen LogP contribution in [-0.2, 0) is 4.79 Å². The van der Waals surface area contributed by atoms with Gasteiger partial charge in [0.15, 0.2) is 0 Å². The van der Waals surface area contributed by atoms with Crippen molar-refractivity contribution >= 4 is 44.7 Å². The summed E-state index contributed by atoms with van der Waals surface area (Å²) in [5, 5.41) is 6.71. The van der Waals surface area contributed by atoms with Crippen LogP contribution in [0.25, 0.3) is 10.2 Å². The van der Waals surface area contributed by atoms with Crippen molar-refractivity contribution in [2.75, 3.05) is 31.3 Å². The van der Waals surface area contributed by atoms with E-state index >= 15 is 0 Å². The first-order valence-electron chi connectivity index (χ1n) is 10.8. The van der Waals surface area contributed by atoms with Crippen LogP contribution in [0.2, 0.25) is 0 Å². The van der Waals surface area contributed by atoms with E-state index in [0.29, 0.717) is 16.9 Å². The molecular formula is C26H26N4O3S. The Labute approximate surface area is 202 Å². The van der Waals surface area contributed by atoms with Crippen LogP contribution >= 0.6 is 11.3 Å². The zero-order valence-corrected chi connectivity index (χ0v) is 20.1. The summed E-state index contributed by atoms with van der Waals surface area (Å²) in [5.74, 6) is 0.358. The quantitative estimate of drug-likeness (QED) is 0.367. The Bertz CT molecular complexity index is 1250. The Balaban J connectivity index is 1.31. The number of ether oxygens (including phenoxy) is 1. The van der Waals surface area contributed by atoms with Gasteiger partial charge < -0.3 is 15.4 Å². The van der Waals surface area contributed by atoms with E-state index < -0.39 is 0 Å². The number of nitrogens with zero attached hydrogens (tertiary/aromatic N) is 2. The molecule has 0 radical (unpaired) electrons. The van der Waals surface area contributed by atoms with Crippen LogP contribution < -0.4 is 15.4 Å². The number of hydrogen-bond donors (Lipinski definition) is 2. The van der Waals surface area contributed by atoms with Crippen LogP contribution in [0.4, 0.5) is 11.4 Å². The van der Waals surface area contributed by atoms with E-state index in [9.17, 15) is 9.59 Å². The van der Waals surface area contributed by atoms with Crippen molar-refractivity contribution in [1.82, 2.24) is 9.88 Å². The summed E-state index contributed by atoms with van der Waals surface area (Å²) in [4.78, 5) is 31.7. The lowest BCUT2D eigenvalue weighted by atomic mass is 10.2. The Kier molecular flexibility index (Phi) is 7.20. The highest BCUT2D eigenvalue weighted by Crippen LogP contribution is 2.28. The zero-order valence-electron chi connectivity index (χ0n) is 19.2. The lowest BCUT2D eigenvalue weighted by Crippen LogP contribution is -2.32. The summed E-state index contributed by atoms with van der Waals surface area (Å²) in [5.41, 5.74) is 2.78. The van der Waals surface area contributed by atoms with E-state index in [-0.39, 0.29) is 24.4 Å². The molecule has 8 heteroatoms. The number of rotatable bonds is 8. The molecular weight excluding hydrogens is 448 g/mol. The van der Waals surface area contributed by atoms with Gasteiger partial charge in [0.1, 0.15) is 10.8 Å². The van der Waals surface area contributed by atoms with E-state index in [1.165, 1.54) is 0 Å². The monoisotopic (exact) mass is 474 g/mol. The lowest BCUT2D eigenvalue weighted by Gasteiger charge is -2.22. The predicted molar refractivity (Wildman–Crippen MR) is 137 cm³/mol. The maximum absolute atomic E-state index is 12.6. The predicted octanol–water partition coefficient (Wildman–Crippen LogP) is 5.19. The summed E-state index contributed by atoms with van der Waals surface area (Å²) in [6, 6.07) is 21.9. The normalized spacial score (nSPS) is 11.9. The van der Waals surface area contributed by atoms with Crippen LogP contribution in [0.1, 0.15) is 28.3 Å². The molecule has 4 rings (SSSR count). The van der Waals surface area contributed by atoms with Gasteiger partial charge in [0.25, 0.3) is 5.91 Å². The van der Waals surface area contributed by atoms with Crippen molar-refractivity contribution < 1.29 is 14.3 Å². The number of benzene rings is 3. The van der Waals surface area contributed by atoms with Crippen molar-refractivity contribution in [3.05, 3.63) is 83.4 Å². The first kappa shape index (κ1) is 23.4. The number of amides is 2. The number of likely N-dealkylation sites (N-methyl/N-ethyl adjacent to an activating group) is 1. The van der Waals surface area contributed by atoms with Crippen LogP contribution in [0.3, 0.4) is 0 Å². The third-order valence-corrected chi connectivity index (χ3v) is 6.71. The molecule has 1 heterocycles. The molecule has 0 unspecified atom stereocenters. The maximum Gasteiger partial charge on any atom is 0.255 e. The molecule has 2 amide bonds. The molecule has 0 aliphatic carbocycles. The van der Waals surface area contributed by atoms with E-state index in [4.69, 9.17) is 9.72 Å². The number of nitrogens with one attached hydrogen (secondary N) is 2. The summed E-state index contributed by atoms with van der Waals surface area (Å²) in [7, 11) is 3.50. The molecule has 1 aromatic heterocycles. The van der Waals surface area contributed by atoms with Gasteiger partial charge >= 0.3 is 0 Å². The molecule has 0 spiro atoms. The van der Waals surface area contributed by atoms with Crippen molar-refractivity contribution in [3.63, 3.8) is 0 Å². The fourth-order valence-electron chi connectivity index (χ4n) is 3.40. The largest absolute Gasteiger partial charge is 0.497 e. The Morgan fingerprint density at radius 3 is 2.29 bits per heavy atom. The van der Waals surface area contributed by atoms with Crippen LogP contribution in [0, 0.1) is 0 Å². The van der Waals surface area contributed by atoms with Crippen molar-refractivity contribution in [2.24, 2.45) is 0 Å². The standard InChI is InChI=1S/C26H26N4O3S/c1-17(26-29-22-6-4-5-7-23(22)34-26)30(2)16-24(31)27-19-10-8-18(9-11-19)25(32)28-20-12-14-21(33-3)15-13-20/h4-15,17H,16H2,1-3H3,(H,27,31)(H,28,32)/t17-/m1/s1. The smallest absolute Gasteiger partial charge is 0.255 e. The van der Waals surface area contributed by atoms with E-state index in [1.807, 2.05) is 37.1 Å². The zero-order chi connectivity index (χ0) is 24.1. The topological polar surface area (TPSA) is 83.6 Å². The average Bonchev–Trinajstić information content (AvgIpc) is 3.28. The molecule has 0 saturated heterocycles. The molecule has 3 aromatic carbocycles. The number of carbonyl (C=O) groups excluding carboxylic acids is 2. The number of methoxy groups -OCH3 is 1. The summed E-state index contributed by atoms with van der Waals surface area (Å²) < 4.78 is 6.26. The summed E-state index contributed by atoms with van der Waals surface area (Å²) >= 11 is 1.64. The number of thiazole rings is 1. The second kappa shape index (κ2) is 10.5. The molecule has 174 valence electrons. The SMILES string of the molecule is COc1ccc(NC(=O)c2ccc(NC(=O)CN(C)[C@H](C)c3nc4ccccc4s3)cc2)cc1. The van der Waals surface area contributed by atoms with Gasteiger partial charge in [-0.3, -0.25) is 14.5 Å². The number of anilines is 2. The second-order valence-electron chi connectivity index (χ2n) is 7.92. The van der Waals surface area contributed by atoms with Crippen LogP contribution in [0.15, 0.2) is 72.8 Å². The first-order chi connectivity index (χ1) is 16.4. The minimum absolute atomic E-state index is 0.00664.